The van der Waals surface area contributed by atoms with Crippen LogP contribution in [0, 0.1) is 6.92 Å². The molecule has 0 saturated heterocycles. The van der Waals surface area contributed by atoms with Gasteiger partial charge in [0.15, 0.2) is 0 Å². The Labute approximate surface area is 136 Å². The number of carbonyl (C=O) groups excluding carboxylic acids is 1. The van der Waals surface area contributed by atoms with Crippen molar-refractivity contribution in [3.8, 4) is 5.75 Å². The van der Waals surface area contributed by atoms with E-state index in [2.05, 4.69) is 10.6 Å². The van der Waals surface area contributed by atoms with Crippen molar-refractivity contribution in [1.29, 1.82) is 0 Å². The molecule has 0 aromatic heterocycles. The molecule has 23 heavy (non-hydrogen) atoms. The highest BCUT2D eigenvalue weighted by atomic mass is 16.5. The zero-order chi connectivity index (χ0) is 16.7. The number of hydrogen-bond acceptors (Lipinski definition) is 3. The highest BCUT2D eigenvalue weighted by molar-refractivity contribution is 5.89. The molecule has 122 valence electrons. The molecule has 0 spiro atoms. The lowest BCUT2D eigenvalue weighted by Gasteiger charge is -2.19. The molecule has 1 unspecified atom stereocenters. The molecule has 0 fully saturated rings. The molecule has 2 aromatic rings. The largest absolute Gasteiger partial charge is 0.496 e. The van der Waals surface area contributed by atoms with Crippen molar-refractivity contribution in [1.82, 2.24) is 5.32 Å². The number of methoxy groups -OCH3 is 2. The topological polar surface area (TPSA) is 59.6 Å². The molecule has 0 saturated carbocycles. The highest BCUT2D eigenvalue weighted by Crippen LogP contribution is 2.26. The highest BCUT2D eigenvalue weighted by Gasteiger charge is 2.16. The first-order chi connectivity index (χ1) is 11.1. The standard InChI is InChI=1S/C18H22N2O3/c1-13-7-6-8-14(11-13)20-18(21)19-12-17(23-3)15-9-4-5-10-16(15)22-2/h4-11,17H,12H2,1-3H3,(H2,19,20,21). The molecule has 0 aliphatic heterocycles. The van der Waals surface area contributed by atoms with Gasteiger partial charge in [-0.05, 0) is 30.7 Å². The third-order valence-electron chi connectivity index (χ3n) is 3.49. The van der Waals surface area contributed by atoms with E-state index in [0.717, 1.165) is 22.6 Å². The maximum absolute atomic E-state index is 12.0. The van der Waals surface area contributed by atoms with Gasteiger partial charge in [0.25, 0.3) is 0 Å². The molecule has 1 atom stereocenters. The van der Waals surface area contributed by atoms with Crippen molar-refractivity contribution in [3.63, 3.8) is 0 Å². The molecule has 0 aliphatic carbocycles. The van der Waals surface area contributed by atoms with E-state index in [4.69, 9.17) is 9.47 Å². The lowest BCUT2D eigenvalue weighted by atomic mass is 10.1. The van der Waals surface area contributed by atoms with Gasteiger partial charge in [0.1, 0.15) is 11.9 Å². The fraction of sp³-hybridized carbons (Fsp3) is 0.278. The molecule has 2 rings (SSSR count). The molecule has 0 bridgehead atoms. The Hall–Kier alpha value is -2.53. The Morgan fingerprint density at radius 3 is 2.61 bits per heavy atom. The SMILES string of the molecule is COc1ccccc1C(CNC(=O)Nc1cccc(C)c1)OC. The second-order valence-corrected chi connectivity index (χ2v) is 5.17. The summed E-state index contributed by atoms with van der Waals surface area (Å²) in [5, 5.41) is 5.63. The summed E-state index contributed by atoms with van der Waals surface area (Å²) in [7, 11) is 3.22. The third-order valence-corrected chi connectivity index (χ3v) is 3.49. The first-order valence-corrected chi connectivity index (χ1v) is 7.41. The van der Waals surface area contributed by atoms with E-state index in [0.29, 0.717) is 6.54 Å². The van der Waals surface area contributed by atoms with Crippen LogP contribution in [-0.2, 0) is 4.74 Å². The van der Waals surface area contributed by atoms with E-state index in [-0.39, 0.29) is 12.1 Å². The molecular formula is C18H22N2O3. The molecule has 2 amide bonds. The van der Waals surface area contributed by atoms with Crippen molar-refractivity contribution in [2.24, 2.45) is 0 Å². The van der Waals surface area contributed by atoms with Gasteiger partial charge in [-0.1, -0.05) is 30.3 Å². The van der Waals surface area contributed by atoms with Gasteiger partial charge in [-0.25, -0.2) is 4.79 Å². The average Bonchev–Trinajstić information content (AvgIpc) is 2.56. The van der Waals surface area contributed by atoms with E-state index in [1.165, 1.54) is 0 Å². The Kier molecular flexibility index (Phi) is 6.00. The summed E-state index contributed by atoms with van der Waals surface area (Å²) in [5.41, 5.74) is 2.74. The Morgan fingerprint density at radius 1 is 1.13 bits per heavy atom. The Morgan fingerprint density at radius 2 is 1.91 bits per heavy atom. The zero-order valence-electron chi connectivity index (χ0n) is 13.6. The summed E-state index contributed by atoms with van der Waals surface area (Å²) in [6.07, 6.45) is -0.283. The van der Waals surface area contributed by atoms with Gasteiger partial charge in [-0.2, -0.15) is 0 Å². The summed E-state index contributed by atoms with van der Waals surface area (Å²) in [4.78, 5) is 12.0. The van der Waals surface area contributed by atoms with E-state index >= 15 is 0 Å². The van der Waals surface area contributed by atoms with Gasteiger partial charge in [0.2, 0.25) is 0 Å². The number of aryl methyl sites for hydroxylation is 1. The second-order valence-electron chi connectivity index (χ2n) is 5.17. The summed E-state index contributed by atoms with van der Waals surface area (Å²) < 4.78 is 10.8. The van der Waals surface area contributed by atoms with Crippen LogP contribution in [0.5, 0.6) is 5.75 Å². The summed E-state index contributed by atoms with van der Waals surface area (Å²) in [5.74, 6) is 0.736. The maximum atomic E-state index is 12.0. The fourth-order valence-corrected chi connectivity index (χ4v) is 2.34. The van der Waals surface area contributed by atoms with Gasteiger partial charge in [-0.3, -0.25) is 0 Å². The van der Waals surface area contributed by atoms with E-state index < -0.39 is 0 Å². The predicted molar refractivity (Wildman–Crippen MR) is 90.9 cm³/mol. The first-order valence-electron chi connectivity index (χ1n) is 7.41. The van der Waals surface area contributed by atoms with Crippen molar-refractivity contribution in [2.45, 2.75) is 13.0 Å². The summed E-state index contributed by atoms with van der Waals surface area (Å²) in [6.45, 7) is 2.32. The monoisotopic (exact) mass is 314 g/mol. The first kappa shape index (κ1) is 16.8. The minimum atomic E-state index is -0.283. The third kappa shape index (κ3) is 4.72. The minimum absolute atomic E-state index is 0.271. The number of anilines is 1. The van der Waals surface area contributed by atoms with Crippen LogP contribution in [0.4, 0.5) is 10.5 Å². The molecule has 0 aliphatic rings. The summed E-state index contributed by atoms with van der Waals surface area (Å²) >= 11 is 0. The van der Waals surface area contributed by atoms with Crippen LogP contribution in [0.15, 0.2) is 48.5 Å². The quantitative estimate of drug-likeness (QED) is 0.858. The Balaban J connectivity index is 1.96. The van der Waals surface area contributed by atoms with Crippen molar-refractivity contribution in [2.75, 3.05) is 26.1 Å². The minimum Gasteiger partial charge on any atom is -0.496 e. The van der Waals surface area contributed by atoms with Gasteiger partial charge in [0, 0.05) is 24.9 Å². The normalized spacial score (nSPS) is 11.6. The van der Waals surface area contributed by atoms with E-state index in [1.807, 2.05) is 55.5 Å². The van der Waals surface area contributed by atoms with Crippen LogP contribution in [0.1, 0.15) is 17.2 Å². The van der Waals surface area contributed by atoms with Crippen LogP contribution >= 0.6 is 0 Å². The second kappa shape index (κ2) is 8.19. The van der Waals surface area contributed by atoms with E-state index in [9.17, 15) is 4.79 Å². The molecule has 2 N–H and O–H groups in total. The average molecular weight is 314 g/mol. The number of hydrogen-bond donors (Lipinski definition) is 2. The van der Waals surface area contributed by atoms with Crippen LogP contribution in [-0.4, -0.2) is 26.8 Å². The lowest BCUT2D eigenvalue weighted by Crippen LogP contribution is -2.33. The van der Waals surface area contributed by atoms with Crippen molar-refractivity contribution in [3.05, 3.63) is 59.7 Å². The van der Waals surface area contributed by atoms with E-state index in [1.54, 1.807) is 14.2 Å². The van der Waals surface area contributed by atoms with Crippen LogP contribution in [0.2, 0.25) is 0 Å². The fourth-order valence-electron chi connectivity index (χ4n) is 2.34. The van der Waals surface area contributed by atoms with Crippen LogP contribution < -0.4 is 15.4 Å². The smallest absolute Gasteiger partial charge is 0.319 e. The van der Waals surface area contributed by atoms with Gasteiger partial charge < -0.3 is 20.1 Å². The van der Waals surface area contributed by atoms with Crippen molar-refractivity contribution < 1.29 is 14.3 Å². The van der Waals surface area contributed by atoms with Gasteiger partial charge in [0.05, 0.1) is 7.11 Å². The number of urea groups is 1. The molecule has 2 aromatic carbocycles. The number of rotatable bonds is 6. The van der Waals surface area contributed by atoms with Crippen LogP contribution in [0.25, 0.3) is 0 Å². The number of amides is 2. The van der Waals surface area contributed by atoms with Crippen molar-refractivity contribution >= 4 is 11.7 Å². The lowest BCUT2D eigenvalue weighted by molar-refractivity contribution is 0.102. The molecule has 0 radical (unpaired) electrons. The Bertz CT molecular complexity index is 658. The molecular weight excluding hydrogens is 292 g/mol. The van der Waals surface area contributed by atoms with Gasteiger partial charge in [-0.15, -0.1) is 0 Å². The molecule has 5 nitrogen and oxygen atoms in total. The summed E-state index contributed by atoms with van der Waals surface area (Å²) in [6, 6.07) is 15.0. The maximum Gasteiger partial charge on any atom is 0.319 e. The zero-order valence-corrected chi connectivity index (χ0v) is 13.6. The number of benzene rings is 2. The van der Waals surface area contributed by atoms with Gasteiger partial charge >= 0.3 is 6.03 Å². The number of carbonyl (C=O) groups is 1. The number of ether oxygens (including phenoxy) is 2. The number of nitrogens with one attached hydrogen (secondary N) is 2. The molecule has 0 heterocycles. The van der Waals surface area contributed by atoms with Crippen LogP contribution in [0.3, 0.4) is 0 Å². The molecule has 5 heteroatoms. The number of para-hydroxylation sites is 1. The predicted octanol–water partition coefficient (Wildman–Crippen LogP) is 3.51.